The van der Waals surface area contributed by atoms with E-state index in [4.69, 9.17) is 27.4 Å². The van der Waals surface area contributed by atoms with Crippen LogP contribution in [0.1, 0.15) is 72.9 Å². The molecule has 0 aliphatic rings. The standard InChI is InChI=1S/C28H42N4O7S/c1-16(2)23(26(37)39-28(6,7)8)32-25(36)19(14-22(35)38-27(3,4)5)31-21(34)15-30-20(33)13-17-9-11-18(12-10-17)24(29)40/h9-12,16,19,23H,13-15H2,1-8H3,(H2,29,40)(H,30,33)(H,31,34)(H,32,36)/t19-,23-/m0/s1. The van der Waals surface area contributed by atoms with Crippen LogP contribution in [0, 0.1) is 5.92 Å². The first-order valence-electron chi connectivity index (χ1n) is 13.0. The molecule has 222 valence electrons. The summed E-state index contributed by atoms with van der Waals surface area (Å²) in [5.41, 5.74) is 5.32. The maximum atomic E-state index is 13.2. The van der Waals surface area contributed by atoms with Gasteiger partial charge in [0, 0.05) is 5.56 Å². The lowest BCUT2D eigenvalue weighted by molar-refractivity contribution is -0.160. The van der Waals surface area contributed by atoms with Gasteiger partial charge in [-0.25, -0.2) is 4.79 Å². The predicted molar refractivity (Wildman–Crippen MR) is 154 cm³/mol. The van der Waals surface area contributed by atoms with Crippen LogP contribution in [0.2, 0.25) is 0 Å². The fourth-order valence-corrected chi connectivity index (χ4v) is 3.47. The predicted octanol–water partition coefficient (Wildman–Crippen LogP) is 1.68. The second-order valence-electron chi connectivity index (χ2n) is 11.7. The van der Waals surface area contributed by atoms with Crippen LogP contribution < -0.4 is 21.7 Å². The summed E-state index contributed by atoms with van der Waals surface area (Å²) in [6.07, 6.45) is -0.490. The van der Waals surface area contributed by atoms with Crippen molar-refractivity contribution in [3.63, 3.8) is 0 Å². The molecule has 0 saturated heterocycles. The van der Waals surface area contributed by atoms with Crippen molar-refractivity contribution < 1.29 is 33.4 Å². The van der Waals surface area contributed by atoms with Gasteiger partial charge in [0.05, 0.1) is 19.4 Å². The molecule has 0 radical (unpaired) electrons. The number of rotatable bonds is 12. The Hall–Kier alpha value is -3.54. The van der Waals surface area contributed by atoms with E-state index in [1.54, 1.807) is 79.7 Å². The highest BCUT2D eigenvalue weighted by atomic mass is 32.1. The van der Waals surface area contributed by atoms with Gasteiger partial charge in [-0.1, -0.05) is 50.3 Å². The summed E-state index contributed by atoms with van der Waals surface area (Å²) in [4.78, 5) is 63.6. The molecule has 2 atom stereocenters. The number of hydrogen-bond acceptors (Lipinski definition) is 8. The SMILES string of the molecule is CC(C)[C@H](NC(=O)[C@H](CC(=O)OC(C)(C)C)NC(=O)CNC(=O)Cc1ccc(C(N)=S)cc1)C(=O)OC(C)(C)C. The molecule has 0 unspecified atom stereocenters. The molecule has 0 spiro atoms. The van der Waals surface area contributed by atoms with Crippen molar-refractivity contribution in [3.05, 3.63) is 35.4 Å². The number of amides is 3. The molecule has 0 heterocycles. The molecule has 0 bridgehead atoms. The van der Waals surface area contributed by atoms with Gasteiger partial charge in [-0.05, 0) is 53.0 Å². The molecule has 3 amide bonds. The number of ether oxygens (including phenoxy) is 2. The number of esters is 2. The lowest BCUT2D eigenvalue weighted by Crippen LogP contribution is -2.55. The molecule has 0 aliphatic heterocycles. The maximum absolute atomic E-state index is 13.2. The molecule has 5 N–H and O–H groups in total. The summed E-state index contributed by atoms with van der Waals surface area (Å²) >= 11 is 4.91. The smallest absolute Gasteiger partial charge is 0.329 e. The maximum Gasteiger partial charge on any atom is 0.329 e. The van der Waals surface area contributed by atoms with Crippen molar-refractivity contribution in [2.75, 3.05) is 6.54 Å². The summed E-state index contributed by atoms with van der Waals surface area (Å²) in [5.74, 6) is -3.63. The zero-order valence-electron chi connectivity index (χ0n) is 24.5. The summed E-state index contributed by atoms with van der Waals surface area (Å²) in [5, 5.41) is 7.52. The second kappa shape index (κ2) is 14.7. The Morgan fingerprint density at radius 3 is 1.90 bits per heavy atom. The van der Waals surface area contributed by atoms with Gasteiger partial charge in [-0.3, -0.25) is 19.2 Å². The molecule has 0 aliphatic carbocycles. The number of nitrogens with one attached hydrogen (secondary N) is 3. The van der Waals surface area contributed by atoms with Crippen molar-refractivity contribution in [1.82, 2.24) is 16.0 Å². The molecular weight excluding hydrogens is 536 g/mol. The Kier molecular flexibility index (Phi) is 12.7. The zero-order valence-corrected chi connectivity index (χ0v) is 25.3. The minimum atomic E-state index is -1.37. The van der Waals surface area contributed by atoms with Gasteiger partial charge in [-0.2, -0.15) is 0 Å². The first-order chi connectivity index (χ1) is 18.3. The minimum Gasteiger partial charge on any atom is -0.460 e. The second-order valence-corrected chi connectivity index (χ2v) is 12.1. The number of benzene rings is 1. The third-order valence-corrected chi connectivity index (χ3v) is 5.35. The average Bonchev–Trinajstić information content (AvgIpc) is 2.78. The largest absolute Gasteiger partial charge is 0.460 e. The van der Waals surface area contributed by atoms with Crippen LogP contribution in [0.25, 0.3) is 0 Å². The highest BCUT2D eigenvalue weighted by Gasteiger charge is 2.33. The van der Waals surface area contributed by atoms with Crippen molar-refractivity contribution in [2.45, 2.75) is 91.5 Å². The molecule has 1 aromatic rings. The van der Waals surface area contributed by atoms with E-state index in [1.807, 2.05) is 0 Å². The van der Waals surface area contributed by atoms with Crippen molar-refractivity contribution in [2.24, 2.45) is 11.7 Å². The van der Waals surface area contributed by atoms with Gasteiger partial charge < -0.3 is 31.2 Å². The van der Waals surface area contributed by atoms with Crippen LogP contribution in [0.15, 0.2) is 24.3 Å². The summed E-state index contributed by atoms with van der Waals surface area (Å²) < 4.78 is 10.7. The summed E-state index contributed by atoms with van der Waals surface area (Å²) in [7, 11) is 0. The van der Waals surface area contributed by atoms with Crippen LogP contribution in [0.5, 0.6) is 0 Å². The lowest BCUT2D eigenvalue weighted by Gasteiger charge is -2.28. The van der Waals surface area contributed by atoms with E-state index in [0.29, 0.717) is 11.1 Å². The normalized spacial score (nSPS) is 13.0. The highest BCUT2D eigenvalue weighted by molar-refractivity contribution is 7.80. The highest BCUT2D eigenvalue weighted by Crippen LogP contribution is 2.14. The summed E-state index contributed by atoms with van der Waals surface area (Å²) in [6.45, 7) is 13.1. The monoisotopic (exact) mass is 578 g/mol. The van der Waals surface area contributed by atoms with Gasteiger partial charge in [-0.15, -0.1) is 0 Å². The van der Waals surface area contributed by atoms with E-state index in [2.05, 4.69) is 16.0 Å². The van der Waals surface area contributed by atoms with E-state index in [9.17, 15) is 24.0 Å². The van der Waals surface area contributed by atoms with Gasteiger partial charge in [0.1, 0.15) is 28.3 Å². The van der Waals surface area contributed by atoms with E-state index in [0.717, 1.165) is 0 Å². The van der Waals surface area contributed by atoms with Crippen LogP contribution in [-0.2, 0) is 39.9 Å². The van der Waals surface area contributed by atoms with Crippen molar-refractivity contribution in [1.29, 1.82) is 0 Å². The Bertz CT molecular complexity index is 1090. The molecule has 0 saturated carbocycles. The molecule has 0 aromatic heterocycles. The number of carbonyl (C=O) groups is 5. The molecule has 12 heteroatoms. The lowest BCUT2D eigenvalue weighted by atomic mass is 10.0. The van der Waals surface area contributed by atoms with Crippen LogP contribution in [0.3, 0.4) is 0 Å². The Morgan fingerprint density at radius 2 is 1.43 bits per heavy atom. The first-order valence-corrected chi connectivity index (χ1v) is 13.4. The average molecular weight is 579 g/mol. The fraction of sp³-hybridized carbons (Fsp3) is 0.571. The van der Waals surface area contributed by atoms with Crippen LogP contribution in [0.4, 0.5) is 0 Å². The topological polar surface area (TPSA) is 166 Å². The van der Waals surface area contributed by atoms with Crippen LogP contribution >= 0.6 is 12.2 Å². The zero-order chi connectivity index (χ0) is 30.8. The van der Waals surface area contributed by atoms with E-state index in [-0.39, 0.29) is 17.3 Å². The quantitative estimate of drug-likeness (QED) is 0.213. The third kappa shape index (κ3) is 13.5. The van der Waals surface area contributed by atoms with E-state index < -0.39 is 65.9 Å². The van der Waals surface area contributed by atoms with Gasteiger partial charge in [0.25, 0.3) is 0 Å². The Labute approximate surface area is 241 Å². The van der Waals surface area contributed by atoms with Crippen molar-refractivity contribution in [3.8, 4) is 0 Å². The number of nitrogens with two attached hydrogens (primary N) is 1. The first kappa shape index (κ1) is 34.5. The van der Waals surface area contributed by atoms with Crippen LogP contribution in [-0.4, -0.2) is 64.5 Å². The van der Waals surface area contributed by atoms with Crippen molar-refractivity contribution >= 4 is 46.9 Å². The number of hydrogen-bond donors (Lipinski definition) is 4. The van der Waals surface area contributed by atoms with Gasteiger partial charge >= 0.3 is 11.9 Å². The molecule has 1 rings (SSSR count). The van der Waals surface area contributed by atoms with Gasteiger partial charge in [0.15, 0.2) is 0 Å². The molecule has 11 nitrogen and oxygen atoms in total. The Balaban J connectivity index is 2.91. The number of carbonyl (C=O) groups excluding carboxylic acids is 5. The van der Waals surface area contributed by atoms with Gasteiger partial charge in [0.2, 0.25) is 17.7 Å². The Morgan fingerprint density at radius 1 is 0.875 bits per heavy atom. The number of thiocarbonyl (C=S) groups is 1. The molecular formula is C28H42N4O7S. The minimum absolute atomic E-state index is 0.00132. The van der Waals surface area contributed by atoms with E-state index in [1.165, 1.54) is 0 Å². The molecule has 0 fully saturated rings. The van der Waals surface area contributed by atoms with E-state index >= 15 is 0 Å². The fourth-order valence-electron chi connectivity index (χ4n) is 3.33. The third-order valence-electron chi connectivity index (χ3n) is 5.12. The summed E-state index contributed by atoms with van der Waals surface area (Å²) in [6, 6.07) is 4.40. The molecule has 40 heavy (non-hydrogen) atoms. The molecule has 1 aromatic carbocycles.